The van der Waals surface area contributed by atoms with Crippen LogP contribution >= 0.6 is 0 Å². The van der Waals surface area contributed by atoms with E-state index in [0.29, 0.717) is 25.0 Å². The molecule has 0 amide bonds. The van der Waals surface area contributed by atoms with E-state index in [2.05, 4.69) is 23.8 Å². The molecule has 1 aliphatic rings. The lowest BCUT2D eigenvalue weighted by molar-refractivity contribution is 0.144. The van der Waals surface area contributed by atoms with Crippen LogP contribution < -0.4 is 0 Å². The van der Waals surface area contributed by atoms with Crippen LogP contribution in [-0.2, 0) is 23.6 Å². The third-order valence-electron chi connectivity index (χ3n) is 4.32. The van der Waals surface area contributed by atoms with Gasteiger partial charge in [-0.25, -0.2) is 12.7 Å². The molecule has 0 radical (unpaired) electrons. The summed E-state index contributed by atoms with van der Waals surface area (Å²) >= 11 is 0. The van der Waals surface area contributed by atoms with Crippen molar-refractivity contribution < 1.29 is 8.42 Å². The van der Waals surface area contributed by atoms with E-state index in [1.165, 1.54) is 11.8 Å². The quantitative estimate of drug-likeness (QED) is 0.790. The van der Waals surface area contributed by atoms with Gasteiger partial charge in [-0.2, -0.15) is 5.10 Å². The molecule has 0 unspecified atom stereocenters. The van der Waals surface area contributed by atoms with Gasteiger partial charge in [-0.05, 0) is 32.6 Å². The summed E-state index contributed by atoms with van der Waals surface area (Å²) in [5.41, 5.74) is 1.20. The molecular weight excluding hydrogens is 300 g/mol. The van der Waals surface area contributed by atoms with Crippen molar-refractivity contribution in [3.8, 4) is 0 Å². The van der Waals surface area contributed by atoms with Crippen molar-refractivity contribution in [3.05, 3.63) is 18.0 Å². The Bertz CT molecular complexity index is 582. The standard InChI is InChI=1S/C15H28N4O2S/c1-13(2)18(11-15-8-16-17(3)9-15)10-14-6-5-7-19(12-14)22(4,20)21/h8-9,13-14H,5-7,10-12H2,1-4H3/t14-/m1/s1. The fourth-order valence-electron chi connectivity index (χ4n) is 3.05. The van der Waals surface area contributed by atoms with Gasteiger partial charge in [-0.15, -0.1) is 0 Å². The summed E-state index contributed by atoms with van der Waals surface area (Å²) in [6, 6.07) is 0.425. The van der Waals surface area contributed by atoms with Gasteiger partial charge in [0.2, 0.25) is 10.0 Å². The Labute approximate surface area is 134 Å². The van der Waals surface area contributed by atoms with E-state index >= 15 is 0 Å². The molecule has 126 valence electrons. The highest BCUT2D eigenvalue weighted by Gasteiger charge is 2.27. The van der Waals surface area contributed by atoms with E-state index < -0.39 is 10.0 Å². The Hall–Kier alpha value is -0.920. The number of sulfonamides is 1. The van der Waals surface area contributed by atoms with Gasteiger partial charge >= 0.3 is 0 Å². The molecule has 6 nitrogen and oxygen atoms in total. The lowest BCUT2D eigenvalue weighted by Crippen LogP contribution is -2.44. The van der Waals surface area contributed by atoms with E-state index in [0.717, 1.165) is 25.9 Å². The minimum atomic E-state index is -3.07. The van der Waals surface area contributed by atoms with E-state index in [1.807, 2.05) is 24.1 Å². The molecule has 1 fully saturated rings. The lowest BCUT2D eigenvalue weighted by atomic mass is 9.98. The third kappa shape index (κ3) is 4.79. The number of hydrogen-bond donors (Lipinski definition) is 0. The maximum absolute atomic E-state index is 11.7. The second-order valence-corrected chi connectivity index (χ2v) is 8.66. The largest absolute Gasteiger partial charge is 0.296 e. The highest BCUT2D eigenvalue weighted by atomic mass is 32.2. The maximum atomic E-state index is 11.7. The summed E-state index contributed by atoms with van der Waals surface area (Å²) in [7, 11) is -1.14. The minimum Gasteiger partial charge on any atom is -0.296 e. The van der Waals surface area contributed by atoms with Gasteiger partial charge in [0, 0.05) is 51.0 Å². The first kappa shape index (κ1) is 17.4. The highest BCUT2D eigenvalue weighted by Crippen LogP contribution is 2.21. The summed E-state index contributed by atoms with van der Waals surface area (Å²) in [5.74, 6) is 0.405. The summed E-state index contributed by atoms with van der Waals surface area (Å²) in [6.07, 6.45) is 7.31. The van der Waals surface area contributed by atoms with Gasteiger partial charge in [-0.3, -0.25) is 9.58 Å². The van der Waals surface area contributed by atoms with Gasteiger partial charge in [0.1, 0.15) is 0 Å². The first-order valence-corrected chi connectivity index (χ1v) is 9.77. The molecule has 0 N–H and O–H groups in total. The van der Waals surface area contributed by atoms with E-state index in [1.54, 1.807) is 4.31 Å². The first-order chi connectivity index (χ1) is 10.3. The van der Waals surface area contributed by atoms with Crippen molar-refractivity contribution in [2.45, 2.75) is 39.3 Å². The first-order valence-electron chi connectivity index (χ1n) is 7.92. The number of aromatic nitrogens is 2. The molecule has 2 heterocycles. The molecule has 1 atom stereocenters. The lowest BCUT2D eigenvalue weighted by Gasteiger charge is -2.35. The number of nitrogens with zero attached hydrogens (tertiary/aromatic N) is 4. The summed E-state index contributed by atoms with van der Waals surface area (Å²) in [5, 5.41) is 4.22. The monoisotopic (exact) mass is 328 g/mol. The molecule has 7 heteroatoms. The summed E-state index contributed by atoms with van der Waals surface area (Å²) in [4.78, 5) is 2.41. The van der Waals surface area contributed by atoms with Crippen molar-refractivity contribution in [3.63, 3.8) is 0 Å². The van der Waals surface area contributed by atoms with Crippen molar-refractivity contribution in [2.75, 3.05) is 25.9 Å². The van der Waals surface area contributed by atoms with Crippen molar-refractivity contribution in [1.82, 2.24) is 19.0 Å². The molecular formula is C15H28N4O2S. The predicted octanol–water partition coefficient (Wildman–Crippen LogP) is 1.30. The van der Waals surface area contributed by atoms with Crippen molar-refractivity contribution in [1.29, 1.82) is 0 Å². The smallest absolute Gasteiger partial charge is 0.211 e. The fourth-order valence-corrected chi connectivity index (χ4v) is 4.00. The van der Waals surface area contributed by atoms with Crippen LogP contribution in [0.5, 0.6) is 0 Å². The number of rotatable bonds is 6. The van der Waals surface area contributed by atoms with Gasteiger partial charge < -0.3 is 0 Å². The Morgan fingerprint density at radius 1 is 1.45 bits per heavy atom. The van der Waals surface area contributed by atoms with Crippen molar-refractivity contribution >= 4 is 10.0 Å². The van der Waals surface area contributed by atoms with E-state index in [9.17, 15) is 8.42 Å². The van der Waals surface area contributed by atoms with Gasteiger partial charge in [0.05, 0.1) is 12.5 Å². The molecule has 0 aromatic carbocycles. The molecule has 0 aliphatic carbocycles. The Kier molecular flexibility index (Phi) is 5.63. The van der Waals surface area contributed by atoms with Crippen LogP contribution in [0.4, 0.5) is 0 Å². The molecule has 1 aliphatic heterocycles. The zero-order valence-corrected chi connectivity index (χ0v) is 14.9. The average Bonchev–Trinajstić information content (AvgIpc) is 2.83. The molecule has 1 aromatic rings. The Balaban J connectivity index is 1.98. The topological polar surface area (TPSA) is 58.4 Å². The van der Waals surface area contributed by atoms with Crippen LogP contribution in [0, 0.1) is 5.92 Å². The maximum Gasteiger partial charge on any atom is 0.211 e. The van der Waals surface area contributed by atoms with E-state index in [-0.39, 0.29) is 0 Å². The second-order valence-electron chi connectivity index (χ2n) is 6.67. The molecule has 1 saturated heterocycles. The zero-order valence-electron chi connectivity index (χ0n) is 14.1. The fraction of sp³-hybridized carbons (Fsp3) is 0.800. The van der Waals surface area contributed by atoms with Gasteiger partial charge in [0.25, 0.3) is 0 Å². The molecule has 22 heavy (non-hydrogen) atoms. The van der Waals surface area contributed by atoms with Crippen LogP contribution in [0.1, 0.15) is 32.3 Å². The summed E-state index contributed by atoms with van der Waals surface area (Å²) < 4.78 is 26.9. The van der Waals surface area contributed by atoms with Crippen LogP contribution in [0.15, 0.2) is 12.4 Å². The van der Waals surface area contributed by atoms with Gasteiger partial charge in [0.15, 0.2) is 0 Å². The number of aryl methyl sites for hydroxylation is 1. The van der Waals surface area contributed by atoms with Crippen LogP contribution in [0.25, 0.3) is 0 Å². The summed E-state index contributed by atoms with van der Waals surface area (Å²) in [6.45, 7) is 7.48. The minimum absolute atomic E-state index is 0.405. The van der Waals surface area contributed by atoms with Crippen molar-refractivity contribution in [2.24, 2.45) is 13.0 Å². The SMILES string of the molecule is CC(C)N(Cc1cnn(C)c1)C[C@H]1CCCN(S(C)(=O)=O)C1. The molecule has 1 aromatic heterocycles. The molecule has 0 saturated carbocycles. The predicted molar refractivity (Wildman–Crippen MR) is 87.9 cm³/mol. The number of hydrogen-bond acceptors (Lipinski definition) is 4. The van der Waals surface area contributed by atoms with Crippen LogP contribution in [-0.4, -0.2) is 59.3 Å². The number of piperidine rings is 1. The molecule has 2 rings (SSSR count). The second kappa shape index (κ2) is 7.10. The Morgan fingerprint density at radius 3 is 2.73 bits per heavy atom. The Morgan fingerprint density at radius 2 is 2.18 bits per heavy atom. The van der Waals surface area contributed by atoms with Gasteiger partial charge in [-0.1, -0.05) is 0 Å². The zero-order chi connectivity index (χ0) is 16.3. The van der Waals surface area contributed by atoms with Crippen LogP contribution in [0.2, 0.25) is 0 Å². The molecule has 0 spiro atoms. The van der Waals surface area contributed by atoms with E-state index in [4.69, 9.17) is 0 Å². The highest BCUT2D eigenvalue weighted by molar-refractivity contribution is 7.88. The third-order valence-corrected chi connectivity index (χ3v) is 5.59. The average molecular weight is 328 g/mol. The molecule has 0 bridgehead atoms. The van der Waals surface area contributed by atoms with Crippen LogP contribution in [0.3, 0.4) is 0 Å². The normalized spacial score (nSPS) is 20.9.